The fraction of sp³-hybridized carbons (Fsp3) is 0.444. The molecule has 0 spiro atoms. The fourth-order valence-corrected chi connectivity index (χ4v) is 4.67. The summed E-state index contributed by atoms with van der Waals surface area (Å²) in [7, 11) is 1.29. The third-order valence-corrected chi connectivity index (χ3v) is 6.30. The van der Waals surface area contributed by atoms with Crippen LogP contribution in [-0.4, -0.2) is 73.5 Å². The lowest BCUT2D eigenvalue weighted by Gasteiger charge is -2.27. The van der Waals surface area contributed by atoms with Crippen molar-refractivity contribution in [1.82, 2.24) is 9.80 Å². The van der Waals surface area contributed by atoms with E-state index < -0.39 is 29.7 Å². The number of hydrogen-bond donors (Lipinski definition) is 0. The molecule has 2 aliphatic rings. The van der Waals surface area contributed by atoms with Crippen LogP contribution in [0, 0.1) is 5.92 Å². The Balaban J connectivity index is 1.46. The second-order valence-electron chi connectivity index (χ2n) is 9.90. The number of benzene rings is 2. The van der Waals surface area contributed by atoms with Gasteiger partial charge in [-0.25, -0.2) is 9.59 Å². The summed E-state index contributed by atoms with van der Waals surface area (Å²) >= 11 is 0. The Labute approximate surface area is 205 Å². The molecule has 35 heavy (non-hydrogen) atoms. The number of methoxy groups -OCH3 is 1. The van der Waals surface area contributed by atoms with Crippen molar-refractivity contribution >= 4 is 18.2 Å². The van der Waals surface area contributed by atoms with Crippen LogP contribution < -0.4 is 0 Å². The van der Waals surface area contributed by atoms with E-state index in [9.17, 15) is 14.4 Å². The summed E-state index contributed by atoms with van der Waals surface area (Å²) in [5.74, 6) is -1.25. The van der Waals surface area contributed by atoms with Crippen molar-refractivity contribution in [2.24, 2.45) is 5.92 Å². The minimum Gasteiger partial charge on any atom is -0.469 e. The molecule has 1 atom stereocenters. The lowest BCUT2D eigenvalue weighted by Crippen LogP contribution is -2.41. The predicted molar refractivity (Wildman–Crippen MR) is 130 cm³/mol. The van der Waals surface area contributed by atoms with Crippen molar-refractivity contribution < 1.29 is 28.6 Å². The second-order valence-corrected chi connectivity index (χ2v) is 9.90. The van der Waals surface area contributed by atoms with E-state index in [-0.39, 0.29) is 38.7 Å². The van der Waals surface area contributed by atoms with Crippen LogP contribution in [0.1, 0.15) is 37.8 Å². The first-order valence-electron chi connectivity index (χ1n) is 11.8. The smallest absolute Gasteiger partial charge is 0.410 e. The van der Waals surface area contributed by atoms with Gasteiger partial charge < -0.3 is 24.0 Å². The van der Waals surface area contributed by atoms with Gasteiger partial charge in [-0.1, -0.05) is 48.5 Å². The Morgan fingerprint density at radius 1 is 0.857 bits per heavy atom. The van der Waals surface area contributed by atoms with Crippen LogP contribution in [0.25, 0.3) is 11.1 Å². The van der Waals surface area contributed by atoms with Crippen molar-refractivity contribution in [3.63, 3.8) is 0 Å². The Morgan fingerprint density at radius 2 is 1.37 bits per heavy atom. The maximum absolute atomic E-state index is 13.1. The van der Waals surface area contributed by atoms with Gasteiger partial charge in [-0.2, -0.15) is 0 Å². The van der Waals surface area contributed by atoms with Crippen LogP contribution in [0.4, 0.5) is 9.59 Å². The Bertz CT molecular complexity index is 1060. The molecule has 1 heterocycles. The Hall–Kier alpha value is -3.55. The summed E-state index contributed by atoms with van der Waals surface area (Å²) in [6.45, 7) is 6.19. The molecule has 2 amide bonds. The van der Waals surface area contributed by atoms with Gasteiger partial charge >= 0.3 is 18.2 Å². The standard InChI is InChI=1S/C27H32N2O6/c1-27(2,3)35-26(32)29-14-13-28(15-18(16-29)24(30)33-4)25(31)34-17-23-21-11-7-5-9-19(21)20-10-6-8-12-22(20)23/h5-12,18,23H,13-17H2,1-4H3. The second kappa shape index (κ2) is 9.98. The molecule has 8 nitrogen and oxygen atoms in total. The highest BCUT2D eigenvalue weighted by Gasteiger charge is 2.36. The molecule has 0 saturated carbocycles. The summed E-state index contributed by atoms with van der Waals surface area (Å²) in [5.41, 5.74) is 3.88. The first kappa shape index (κ1) is 24.6. The number of carbonyl (C=O) groups excluding carboxylic acids is 3. The summed E-state index contributed by atoms with van der Waals surface area (Å²) in [6, 6.07) is 16.3. The third-order valence-electron chi connectivity index (χ3n) is 6.30. The molecule has 0 radical (unpaired) electrons. The molecule has 0 aromatic heterocycles. The highest BCUT2D eigenvalue weighted by molar-refractivity contribution is 5.79. The molecule has 186 valence electrons. The first-order chi connectivity index (χ1) is 16.7. The lowest BCUT2D eigenvalue weighted by molar-refractivity contribution is -0.146. The molecular formula is C27H32N2O6. The maximum atomic E-state index is 13.1. The molecule has 2 aromatic carbocycles. The monoisotopic (exact) mass is 480 g/mol. The van der Waals surface area contributed by atoms with E-state index >= 15 is 0 Å². The van der Waals surface area contributed by atoms with E-state index in [4.69, 9.17) is 14.2 Å². The number of ether oxygens (including phenoxy) is 3. The molecule has 0 bridgehead atoms. The fourth-order valence-electron chi connectivity index (χ4n) is 4.67. The zero-order valence-corrected chi connectivity index (χ0v) is 20.7. The minimum absolute atomic E-state index is 0.0620. The highest BCUT2D eigenvalue weighted by atomic mass is 16.6. The molecule has 1 aliphatic heterocycles. The third kappa shape index (κ3) is 5.42. The van der Waals surface area contributed by atoms with E-state index in [2.05, 4.69) is 24.3 Å². The molecule has 1 saturated heterocycles. The number of nitrogens with zero attached hydrogens (tertiary/aromatic N) is 2. The van der Waals surface area contributed by atoms with Gasteiger partial charge in [0.1, 0.15) is 12.2 Å². The summed E-state index contributed by atoms with van der Waals surface area (Å²) < 4.78 is 16.2. The van der Waals surface area contributed by atoms with Gasteiger partial charge in [0.2, 0.25) is 0 Å². The number of rotatable bonds is 3. The number of fused-ring (bicyclic) bond motifs is 3. The normalized spacial score (nSPS) is 17.8. The van der Waals surface area contributed by atoms with E-state index in [0.717, 1.165) is 22.3 Å². The Morgan fingerprint density at radius 3 is 1.89 bits per heavy atom. The zero-order chi connectivity index (χ0) is 25.2. The van der Waals surface area contributed by atoms with Gasteiger partial charge in [-0.3, -0.25) is 4.79 Å². The molecule has 1 unspecified atom stereocenters. The van der Waals surface area contributed by atoms with Crippen LogP contribution in [0.3, 0.4) is 0 Å². The number of carbonyl (C=O) groups is 3. The van der Waals surface area contributed by atoms with Crippen molar-refractivity contribution in [2.75, 3.05) is 39.9 Å². The predicted octanol–water partition coefficient (Wildman–Crippen LogP) is 4.28. The number of amides is 2. The van der Waals surface area contributed by atoms with Crippen molar-refractivity contribution in [1.29, 1.82) is 0 Å². The number of hydrogen-bond acceptors (Lipinski definition) is 6. The van der Waals surface area contributed by atoms with E-state index in [0.29, 0.717) is 0 Å². The van der Waals surface area contributed by atoms with Crippen molar-refractivity contribution in [3.05, 3.63) is 59.7 Å². The molecule has 1 aliphatic carbocycles. The van der Waals surface area contributed by atoms with E-state index in [1.54, 1.807) is 20.8 Å². The molecule has 0 N–H and O–H groups in total. The molecule has 2 aromatic rings. The van der Waals surface area contributed by atoms with Gasteiger partial charge in [0.25, 0.3) is 0 Å². The Kier molecular flexibility index (Phi) is 7.00. The summed E-state index contributed by atoms with van der Waals surface area (Å²) in [4.78, 5) is 41.1. The first-order valence-corrected chi connectivity index (χ1v) is 11.8. The van der Waals surface area contributed by atoms with Gasteiger partial charge in [-0.15, -0.1) is 0 Å². The SMILES string of the molecule is COC(=O)C1CN(C(=O)OCC2c3ccccc3-c3ccccc32)CCN(C(=O)OC(C)(C)C)C1. The molecule has 1 fully saturated rings. The van der Waals surface area contributed by atoms with E-state index in [1.165, 1.54) is 16.9 Å². The van der Waals surface area contributed by atoms with Crippen LogP contribution in [-0.2, 0) is 19.0 Å². The maximum Gasteiger partial charge on any atom is 0.410 e. The largest absolute Gasteiger partial charge is 0.469 e. The molecule has 4 rings (SSSR count). The average Bonchev–Trinajstić information content (AvgIpc) is 2.98. The van der Waals surface area contributed by atoms with Crippen molar-refractivity contribution in [3.8, 4) is 11.1 Å². The zero-order valence-electron chi connectivity index (χ0n) is 20.7. The van der Waals surface area contributed by atoms with Gasteiger partial charge in [0.05, 0.1) is 13.0 Å². The van der Waals surface area contributed by atoms with Crippen molar-refractivity contribution in [2.45, 2.75) is 32.3 Å². The van der Waals surface area contributed by atoms with Gasteiger partial charge in [0.15, 0.2) is 0 Å². The highest BCUT2D eigenvalue weighted by Crippen LogP contribution is 2.44. The number of esters is 1. The van der Waals surface area contributed by atoms with Crippen LogP contribution in [0.2, 0.25) is 0 Å². The molecular weight excluding hydrogens is 448 g/mol. The minimum atomic E-state index is -0.699. The topological polar surface area (TPSA) is 85.4 Å². The lowest BCUT2D eigenvalue weighted by atomic mass is 9.98. The average molecular weight is 481 g/mol. The quantitative estimate of drug-likeness (QED) is 0.482. The van der Waals surface area contributed by atoms with Gasteiger partial charge in [-0.05, 0) is 43.0 Å². The summed E-state index contributed by atoms with van der Waals surface area (Å²) in [6.07, 6.45) is -1.05. The molecule has 8 heteroatoms. The van der Waals surface area contributed by atoms with E-state index in [1.807, 2.05) is 24.3 Å². The van der Waals surface area contributed by atoms with Crippen LogP contribution >= 0.6 is 0 Å². The van der Waals surface area contributed by atoms with Crippen LogP contribution in [0.15, 0.2) is 48.5 Å². The van der Waals surface area contributed by atoms with Gasteiger partial charge in [0, 0.05) is 32.1 Å². The van der Waals surface area contributed by atoms with Crippen LogP contribution in [0.5, 0.6) is 0 Å². The summed E-state index contributed by atoms with van der Waals surface area (Å²) in [5, 5.41) is 0.